The fourth-order valence-corrected chi connectivity index (χ4v) is 2.81. The van der Waals surface area contributed by atoms with Crippen LogP contribution < -0.4 is 0 Å². The molecule has 0 atom stereocenters. The van der Waals surface area contributed by atoms with Gasteiger partial charge in [-0.2, -0.15) is 0 Å². The summed E-state index contributed by atoms with van der Waals surface area (Å²) in [7, 11) is 0. The summed E-state index contributed by atoms with van der Waals surface area (Å²) >= 11 is 0. The lowest BCUT2D eigenvalue weighted by atomic mass is 9.88. The van der Waals surface area contributed by atoms with Crippen molar-refractivity contribution in [1.82, 2.24) is 4.98 Å². The maximum atomic E-state index is 4.86. The predicted molar refractivity (Wildman–Crippen MR) is 87.1 cm³/mol. The van der Waals surface area contributed by atoms with Crippen molar-refractivity contribution in [3.63, 3.8) is 0 Å². The molecule has 0 spiro atoms. The molecule has 0 N–H and O–H groups in total. The van der Waals surface area contributed by atoms with Crippen molar-refractivity contribution in [2.75, 3.05) is 0 Å². The summed E-state index contributed by atoms with van der Waals surface area (Å²) in [5, 5.41) is 0. The molecule has 0 fully saturated rings. The van der Waals surface area contributed by atoms with E-state index in [0.717, 1.165) is 12.8 Å². The summed E-state index contributed by atoms with van der Waals surface area (Å²) in [6.07, 6.45) is 7.35. The van der Waals surface area contributed by atoms with E-state index in [1.54, 1.807) is 11.1 Å². The van der Waals surface area contributed by atoms with Crippen LogP contribution in [0.2, 0.25) is 0 Å². The average molecular weight is 263 g/mol. The summed E-state index contributed by atoms with van der Waals surface area (Å²) in [5.74, 6) is 0. The van der Waals surface area contributed by atoms with Gasteiger partial charge in [0.1, 0.15) is 0 Å². The van der Waals surface area contributed by atoms with E-state index in [-0.39, 0.29) is 0 Å². The lowest BCUT2D eigenvalue weighted by molar-refractivity contribution is 0.655. The third kappa shape index (κ3) is 4.33. The maximum absolute atomic E-state index is 4.86. The Hall–Kier alpha value is -0.850. The molecule has 1 nitrogen and oxygen atoms in total. The van der Waals surface area contributed by atoms with Crippen LogP contribution in [0.1, 0.15) is 82.5 Å². The van der Waals surface area contributed by atoms with Gasteiger partial charge in [0.25, 0.3) is 0 Å². The zero-order valence-electron chi connectivity index (χ0n) is 14.2. The van der Waals surface area contributed by atoms with E-state index >= 15 is 0 Å². The third-order valence-corrected chi connectivity index (χ3v) is 3.65. The Balaban J connectivity index is 0.000000741. The van der Waals surface area contributed by atoms with Gasteiger partial charge >= 0.3 is 0 Å². The Morgan fingerprint density at radius 2 is 1.47 bits per heavy atom. The van der Waals surface area contributed by atoms with Crippen LogP contribution in [-0.2, 0) is 25.7 Å². The van der Waals surface area contributed by atoms with Gasteiger partial charge in [-0.15, -0.1) is 0 Å². The summed E-state index contributed by atoms with van der Waals surface area (Å²) in [5.41, 5.74) is 7.36. The van der Waals surface area contributed by atoms with Crippen molar-refractivity contribution >= 4 is 0 Å². The Kier molecular flexibility index (Phi) is 9.55. The number of rotatable bonds is 2. The lowest BCUT2D eigenvalue weighted by Gasteiger charge is -2.21. The standard InChI is InChI=1S/C14H21N.2C2H6/c1-4-11-10(3)12-8-6-7-9-14(12)15-13(11)5-2;2*1-2/h4-9H2,1-3H3;2*1-2H3. The van der Waals surface area contributed by atoms with Gasteiger partial charge in [-0.1, -0.05) is 41.5 Å². The zero-order valence-corrected chi connectivity index (χ0v) is 14.2. The molecule has 110 valence electrons. The van der Waals surface area contributed by atoms with E-state index < -0.39 is 0 Å². The van der Waals surface area contributed by atoms with Crippen LogP contribution in [0.15, 0.2) is 0 Å². The van der Waals surface area contributed by atoms with Gasteiger partial charge < -0.3 is 0 Å². The SMILES string of the molecule is CC.CC.CCc1nc2c(c(C)c1CC)CCCC2. The molecule has 2 rings (SSSR count). The van der Waals surface area contributed by atoms with Crippen LogP contribution in [0.3, 0.4) is 0 Å². The summed E-state index contributed by atoms with van der Waals surface area (Å²) in [4.78, 5) is 4.86. The summed E-state index contributed by atoms with van der Waals surface area (Å²) in [6.45, 7) is 14.8. The van der Waals surface area contributed by atoms with Crippen LogP contribution in [0.5, 0.6) is 0 Å². The molecule has 0 unspecified atom stereocenters. The summed E-state index contributed by atoms with van der Waals surface area (Å²) < 4.78 is 0. The van der Waals surface area contributed by atoms with Crippen LogP contribution in [-0.4, -0.2) is 4.98 Å². The second-order valence-corrected chi connectivity index (χ2v) is 4.50. The second-order valence-electron chi connectivity index (χ2n) is 4.50. The zero-order chi connectivity index (χ0) is 14.8. The third-order valence-electron chi connectivity index (χ3n) is 3.65. The fourth-order valence-electron chi connectivity index (χ4n) is 2.81. The van der Waals surface area contributed by atoms with Crippen LogP contribution in [0.25, 0.3) is 0 Å². The quantitative estimate of drug-likeness (QED) is 0.691. The van der Waals surface area contributed by atoms with Gasteiger partial charge in [0.15, 0.2) is 0 Å². The lowest BCUT2D eigenvalue weighted by Crippen LogP contribution is -2.12. The van der Waals surface area contributed by atoms with Crippen molar-refractivity contribution in [1.29, 1.82) is 0 Å². The van der Waals surface area contributed by atoms with Crippen molar-refractivity contribution in [2.24, 2.45) is 0 Å². The number of hydrogen-bond acceptors (Lipinski definition) is 1. The molecule has 1 aromatic heterocycles. The Morgan fingerprint density at radius 3 is 2.00 bits per heavy atom. The molecule has 0 bridgehead atoms. The van der Waals surface area contributed by atoms with Crippen molar-refractivity contribution in [3.8, 4) is 0 Å². The normalized spacial score (nSPS) is 12.6. The highest BCUT2D eigenvalue weighted by Crippen LogP contribution is 2.27. The highest BCUT2D eigenvalue weighted by Gasteiger charge is 2.17. The minimum absolute atomic E-state index is 1.08. The molecule has 19 heavy (non-hydrogen) atoms. The minimum Gasteiger partial charge on any atom is -0.257 e. The van der Waals surface area contributed by atoms with E-state index in [2.05, 4.69) is 20.8 Å². The smallest absolute Gasteiger partial charge is 0.0441 e. The van der Waals surface area contributed by atoms with Gasteiger partial charge in [-0.05, 0) is 62.1 Å². The Labute approximate surface area is 120 Å². The predicted octanol–water partition coefficient (Wildman–Crippen LogP) is 5.45. The number of fused-ring (bicyclic) bond motifs is 1. The molecule has 0 aliphatic heterocycles. The number of nitrogens with zero attached hydrogens (tertiary/aromatic N) is 1. The van der Waals surface area contributed by atoms with E-state index in [0.29, 0.717) is 0 Å². The van der Waals surface area contributed by atoms with E-state index in [1.165, 1.54) is 42.6 Å². The second kappa shape index (κ2) is 10.00. The van der Waals surface area contributed by atoms with Crippen molar-refractivity contribution < 1.29 is 0 Å². The Bertz CT molecular complexity index is 352. The van der Waals surface area contributed by atoms with E-state index in [1.807, 2.05) is 27.7 Å². The highest BCUT2D eigenvalue weighted by atomic mass is 14.7. The molecule has 0 aromatic carbocycles. The van der Waals surface area contributed by atoms with Gasteiger partial charge in [-0.25, -0.2) is 0 Å². The molecule has 1 heteroatoms. The van der Waals surface area contributed by atoms with Crippen LogP contribution >= 0.6 is 0 Å². The molecule has 0 saturated carbocycles. The monoisotopic (exact) mass is 263 g/mol. The first kappa shape index (κ1) is 18.1. The van der Waals surface area contributed by atoms with Gasteiger partial charge in [0.2, 0.25) is 0 Å². The van der Waals surface area contributed by atoms with Crippen LogP contribution in [0, 0.1) is 6.92 Å². The molecule has 0 amide bonds. The topological polar surface area (TPSA) is 12.9 Å². The maximum Gasteiger partial charge on any atom is 0.0441 e. The molecule has 1 heterocycles. The van der Waals surface area contributed by atoms with Crippen LogP contribution in [0.4, 0.5) is 0 Å². The molecular weight excluding hydrogens is 230 g/mol. The largest absolute Gasteiger partial charge is 0.257 e. The molecule has 0 radical (unpaired) electrons. The highest BCUT2D eigenvalue weighted by molar-refractivity contribution is 5.41. The van der Waals surface area contributed by atoms with E-state index in [9.17, 15) is 0 Å². The molecular formula is C18H33N. The average Bonchev–Trinajstić information content (AvgIpc) is 2.51. The minimum atomic E-state index is 1.08. The number of aryl methyl sites for hydroxylation is 2. The molecule has 1 aliphatic rings. The molecule has 0 saturated heterocycles. The first-order valence-electron chi connectivity index (χ1n) is 8.28. The first-order valence-corrected chi connectivity index (χ1v) is 8.28. The van der Waals surface area contributed by atoms with Gasteiger partial charge in [0, 0.05) is 11.4 Å². The first-order chi connectivity index (χ1) is 9.27. The molecule has 1 aromatic rings. The molecule has 1 aliphatic carbocycles. The van der Waals surface area contributed by atoms with Crippen molar-refractivity contribution in [3.05, 3.63) is 28.1 Å². The Morgan fingerprint density at radius 1 is 0.895 bits per heavy atom. The van der Waals surface area contributed by atoms with Crippen molar-refractivity contribution in [2.45, 2.75) is 87.0 Å². The number of aromatic nitrogens is 1. The fraction of sp³-hybridized carbons (Fsp3) is 0.722. The summed E-state index contributed by atoms with van der Waals surface area (Å²) in [6, 6.07) is 0. The number of hydrogen-bond donors (Lipinski definition) is 0. The van der Waals surface area contributed by atoms with Gasteiger partial charge in [-0.3, -0.25) is 4.98 Å². The number of pyridine rings is 1. The van der Waals surface area contributed by atoms with Gasteiger partial charge in [0.05, 0.1) is 0 Å². The van der Waals surface area contributed by atoms with E-state index in [4.69, 9.17) is 4.98 Å².